The number of carbonyl (C=O) groups excluding carboxylic acids is 2. The summed E-state index contributed by atoms with van der Waals surface area (Å²) in [5.41, 5.74) is 1.64. The van der Waals surface area contributed by atoms with E-state index in [1.54, 1.807) is 43.1 Å². The number of hydrogen-bond acceptors (Lipinski definition) is 9. The standard InChI is InChI=1S/C23H26N6O4S2/c1-5-10-29-19(27-28-23(29)35-14-21(31)26-22-25-15(2)13-34-22)12-24-20(30)9-7-16-6-8-17(32-3)18(11-16)33-4/h5-9,11,13H,1,10,12,14H2,2-4H3,(H,24,30)(H,25,26,31)/b9-7+. The Bertz CT molecular complexity index is 1220. The van der Waals surface area contributed by atoms with Crippen molar-refractivity contribution in [2.75, 3.05) is 25.3 Å². The predicted octanol–water partition coefficient (Wildman–Crippen LogP) is 3.31. The Morgan fingerprint density at radius 1 is 1.23 bits per heavy atom. The molecule has 1 aromatic carbocycles. The summed E-state index contributed by atoms with van der Waals surface area (Å²) in [4.78, 5) is 28.8. The largest absolute Gasteiger partial charge is 0.493 e. The van der Waals surface area contributed by atoms with Crippen LogP contribution in [0.25, 0.3) is 6.08 Å². The maximum Gasteiger partial charge on any atom is 0.244 e. The van der Waals surface area contributed by atoms with Gasteiger partial charge in [-0.25, -0.2) is 4.98 Å². The fraction of sp³-hybridized carbons (Fsp3) is 0.261. The number of benzene rings is 1. The summed E-state index contributed by atoms with van der Waals surface area (Å²) in [6.07, 6.45) is 4.81. The second kappa shape index (κ2) is 12.7. The number of thioether (sulfide) groups is 1. The van der Waals surface area contributed by atoms with Gasteiger partial charge in [0.1, 0.15) is 0 Å². The molecule has 3 rings (SSSR count). The summed E-state index contributed by atoms with van der Waals surface area (Å²) in [6, 6.07) is 5.37. The van der Waals surface area contributed by atoms with Crippen molar-refractivity contribution in [3.63, 3.8) is 0 Å². The number of ether oxygens (including phenoxy) is 2. The zero-order valence-corrected chi connectivity index (χ0v) is 21.2. The maximum atomic E-state index is 12.3. The van der Waals surface area contributed by atoms with Crippen molar-refractivity contribution in [2.45, 2.75) is 25.2 Å². The normalized spacial score (nSPS) is 10.8. The topological polar surface area (TPSA) is 120 Å². The number of rotatable bonds is 12. The average Bonchev–Trinajstić information content (AvgIpc) is 3.45. The van der Waals surface area contributed by atoms with Gasteiger partial charge in [-0.15, -0.1) is 28.1 Å². The van der Waals surface area contributed by atoms with Crippen LogP contribution < -0.4 is 20.1 Å². The second-order valence-electron chi connectivity index (χ2n) is 7.09. The number of carbonyl (C=O) groups is 2. The fourth-order valence-corrected chi connectivity index (χ4v) is 4.39. The lowest BCUT2D eigenvalue weighted by molar-refractivity contribution is -0.116. The molecule has 0 spiro atoms. The van der Waals surface area contributed by atoms with E-state index in [-0.39, 0.29) is 24.1 Å². The van der Waals surface area contributed by atoms with Crippen molar-refractivity contribution in [3.8, 4) is 11.5 Å². The van der Waals surface area contributed by atoms with Crippen molar-refractivity contribution >= 4 is 46.1 Å². The van der Waals surface area contributed by atoms with E-state index in [0.717, 1.165) is 11.3 Å². The van der Waals surface area contributed by atoms with Gasteiger partial charge in [-0.2, -0.15) is 0 Å². The highest BCUT2D eigenvalue weighted by atomic mass is 32.2. The second-order valence-corrected chi connectivity index (χ2v) is 8.90. The SMILES string of the molecule is C=CCn1c(CNC(=O)/C=C/c2ccc(OC)c(OC)c2)nnc1SCC(=O)Nc1nc(C)cs1. The quantitative estimate of drug-likeness (QED) is 0.215. The lowest BCUT2D eigenvalue weighted by atomic mass is 10.2. The molecule has 2 aromatic heterocycles. The molecular formula is C23H26N6O4S2. The van der Waals surface area contributed by atoms with E-state index in [4.69, 9.17) is 9.47 Å². The van der Waals surface area contributed by atoms with Crippen LogP contribution in [0.2, 0.25) is 0 Å². The van der Waals surface area contributed by atoms with E-state index in [2.05, 4.69) is 32.4 Å². The first kappa shape index (κ1) is 26.0. The first-order valence-corrected chi connectivity index (χ1v) is 12.4. The molecule has 0 aliphatic carbocycles. The molecule has 0 saturated heterocycles. The Labute approximate surface area is 211 Å². The van der Waals surface area contributed by atoms with Crippen LogP contribution in [0, 0.1) is 6.92 Å². The third kappa shape index (κ3) is 7.42. The van der Waals surface area contributed by atoms with Gasteiger partial charge < -0.3 is 24.7 Å². The maximum absolute atomic E-state index is 12.3. The van der Waals surface area contributed by atoms with Gasteiger partial charge in [0, 0.05) is 18.0 Å². The van der Waals surface area contributed by atoms with Gasteiger partial charge in [-0.1, -0.05) is 23.9 Å². The van der Waals surface area contributed by atoms with E-state index >= 15 is 0 Å². The van der Waals surface area contributed by atoms with Crippen LogP contribution in [0.1, 0.15) is 17.1 Å². The molecule has 2 amide bonds. The summed E-state index contributed by atoms with van der Waals surface area (Å²) in [5, 5.41) is 16.9. The minimum Gasteiger partial charge on any atom is -0.493 e. The average molecular weight is 515 g/mol. The van der Waals surface area contributed by atoms with Crippen LogP contribution in [0.5, 0.6) is 11.5 Å². The summed E-state index contributed by atoms with van der Waals surface area (Å²) in [7, 11) is 3.12. The molecular weight excluding hydrogens is 488 g/mol. The van der Waals surface area contributed by atoms with Crippen molar-refractivity contribution in [1.29, 1.82) is 0 Å². The van der Waals surface area contributed by atoms with E-state index in [0.29, 0.717) is 34.2 Å². The third-order valence-corrected chi connectivity index (χ3v) is 6.40. The highest BCUT2D eigenvalue weighted by Gasteiger charge is 2.14. The zero-order chi connectivity index (χ0) is 25.2. The molecule has 184 valence electrons. The van der Waals surface area contributed by atoms with Gasteiger partial charge in [-0.05, 0) is 30.7 Å². The monoisotopic (exact) mass is 514 g/mol. The first-order valence-electron chi connectivity index (χ1n) is 10.5. The number of nitrogens with one attached hydrogen (secondary N) is 2. The Hall–Kier alpha value is -3.64. The number of hydrogen-bond donors (Lipinski definition) is 2. The summed E-state index contributed by atoms with van der Waals surface area (Å²) in [6.45, 7) is 6.24. The van der Waals surface area contributed by atoms with E-state index in [1.807, 2.05) is 18.4 Å². The smallest absolute Gasteiger partial charge is 0.244 e. The van der Waals surface area contributed by atoms with Gasteiger partial charge in [0.05, 0.1) is 32.2 Å². The van der Waals surface area contributed by atoms with Crippen LogP contribution in [-0.2, 0) is 22.7 Å². The van der Waals surface area contributed by atoms with Crippen LogP contribution >= 0.6 is 23.1 Å². The van der Waals surface area contributed by atoms with Crippen molar-refractivity contribution < 1.29 is 19.1 Å². The number of anilines is 1. The minimum absolute atomic E-state index is 0.147. The van der Waals surface area contributed by atoms with Crippen molar-refractivity contribution in [3.05, 3.63) is 59.4 Å². The van der Waals surface area contributed by atoms with Crippen LogP contribution in [0.15, 0.2) is 47.5 Å². The third-order valence-electron chi connectivity index (χ3n) is 4.56. The zero-order valence-electron chi connectivity index (χ0n) is 19.6. The van der Waals surface area contributed by atoms with Crippen LogP contribution in [0.4, 0.5) is 5.13 Å². The van der Waals surface area contributed by atoms with E-state index in [1.165, 1.54) is 29.2 Å². The van der Waals surface area contributed by atoms with E-state index < -0.39 is 0 Å². The molecule has 0 fully saturated rings. The number of methoxy groups -OCH3 is 2. The Morgan fingerprint density at radius 2 is 2.03 bits per heavy atom. The molecule has 3 aromatic rings. The molecule has 0 saturated carbocycles. The molecule has 35 heavy (non-hydrogen) atoms. The van der Waals surface area contributed by atoms with Gasteiger partial charge in [-0.3, -0.25) is 9.59 Å². The number of thiazole rings is 1. The molecule has 0 atom stereocenters. The molecule has 0 radical (unpaired) electrons. The van der Waals surface area contributed by atoms with Crippen molar-refractivity contribution in [2.24, 2.45) is 0 Å². The molecule has 2 heterocycles. The molecule has 10 nitrogen and oxygen atoms in total. The lowest BCUT2D eigenvalue weighted by Gasteiger charge is -2.08. The first-order chi connectivity index (χ1) is 16.9. The predicted molar refractivity (Wildman–Crippen MR) is 137 cm³/mol. The Kier molecular flexibility index (Phi) is 9.44. The van der Waals surface area contributed by atoms with Gasteiger partial charge >= 0.3 is 0 Å². The van der Waals surface area contributed by atoms with Crippen LogP contribution in [0.3, 0.4) is 0 Å². The van der Waals surface area contributed by atoms with E-state index in [9.17, 15) is 9.59 Å². The highest BCUT2D eigenvalue weighted by Crippen LogP contribution is 2.28. The van der Waals surface area contributed by atoms with Gasteiger partial charge in [0.2, 0.25) is 11.8 Å². The van der Waals surface area contributed by atoms with Crippen molar-refractivity contribution in [1.82, 2.24) is 25.1 Å². The number of nitrogens with zero attached hydrogens (tertiary/aromatic N) is 4. The minimum atomic E-state index is -0.291. The number of aryl methyl sites for hydroxylation is 1. The summed E-state index contributed by atoms with van der Waals surface area (Å²) in [5.74, 6) is 1.41. The van der Waals surface area contributed by atoms with Gasteiger partial charge in [0.15, 0.2) is 27.6 Å². The van der Waals surface area contributed by atoms with Gasteiger partial charge in [0.25, 0.3) is 0 Å². The molecule has 0 unspecified atom stereocenters. The molecule has 0 aliphatic rings. The molecule has 0 aliphatic heterocycles. The van der Waals surface area contributed by atoms with Crippen LogP contribution in [-0.4, -0.2) is 51.5 Å². The molecule has 2 N–H and O–H groups in total. The molecule has 0 bridgehead atoms. The Balaban J connectivity index is 1.56. The summed E-state index contributed by atoms with van der Waals surface area (Å²) >= 11 is 2.62. The fourth-order valence-electron chi connectivity index (χ4n) is 2.92. The highest BCUT2D eigenvalue weighted by molar-refractivity contribution is 7.99. The number of aromatic nitrogens is 4. The lowest BCUT2D eigenvalue weighted by Crippen LogP contribution is -2.23. The Morgan fingerprint density at radius 3 is 2.71 bits per heavy atom. The summed E-state index contributed by atoms with van der Waals surface area (Å²) < 4.78 is 12.3. The number of amides is 2. The number of allylic oxidation sites excluding steroid dienone is 1. The molecule has 12 heteroatoms.